The number of carbonyl (C=O) groups excluding carboxylic acids is 3. The second-order valence-corrected chi connectivity index (χ2v) is 5.11. The zero-order valence-electron chi connectivity index (χ0n) is 10.5. The third-order valence-corrected chi connectivity index (χ3v) is 3.45. The Labute approximate surface area is 119 Å². The number of hydrogen-bond acceptors (Lipinski definition) is 4. The molecule has 1 atom stereocenters. The summed E-state index contributed by atoms with van der Waals surface area (Å²) >= 11 is 1.55. The summed E-state index contributed by atoms with van der Waals surface area (Å²) in [5, 5.41) is 7.13. The van der Waals surface area contributed by atoms with E-state index < -0.39 is 5.92 Å². The first-order valence-corrected chi connectivity index (χ1v) is 6.86. The van der Waals surface area contributed by atoms with Gasteiger partial charge in [0.2, 0.25) is 11.8 Å². The molecule has 0 aromatic carbocycles. The number of carbonyl (C=O) groups is 3. The molecule has 0 radical (unpaired) electrons. The SMILES string of the molecule is O=C1C=CC(C(=O)NCC(=O)NCc2cccs2)C=N1. The van der Waals surface area contributed by atoms with Gasteiger partial charge in [0.15, 0.2) is 0 Å². The smallest absolute Gasteiger partial charge is 0.269 e. The standard InChI is InChI=1S/C13H13N3O3S/c17-11-4-3-9(6-14-11)13(19)16-8-12(18)15-7-10-2-1-5-20-10/h1-6,9H,7-8H2,(H,15,18)(H,16,19). The first-order chi connectivity index (χ1) is 9.65. The summed E-state index contributed by atoms with van der Waals surface area (Å²) in [5.41, 5.74) is 0. The fourth-order valence-electron chi connectivity index (χ4n) is 1.53. The van der Waals surface area contributed by atoms with E-state index >= 15 is 0 Å². The summed E-state index contributed by atoms with van der Waals surface area (Å²) in [6.07, 6.45) is 3.95. The highest BCUT2D eigenvalue weighted by Gasteiger charge is 2.17. The number of nitrogens with zero attached hydrogens (tertiary/aromatic N) is 1. The van der Waals surface area contributed by atoms with Crippen LogP contribution >= 0.6 is 11.3 Å². The molecule has 2 heterocycles. The second-order valence-electron chi connectivity index (χ2n) is 4.08. The molecule has 0 spiro atoms. The van der Waals surface area contributed by atoms with Crippen LogP contribution in [0.5, 0.6) is 0 Å². The quantitative estimate of drug-likeness (QED) is 0.816. The van der Waals surface area contributed by atoms with Crippen LogP contribution < -0.4 is 10.6 Å². The Balaban J connectivity index is 1.70. The number of amides is 3. The van der Waals surface area contributed by atoms with Gasteiger partial charge in [-0.25, -0.2) is 4.99 Å². The first kappa shape index (κ1) is 14.1. The van der Waals surface area contributed by atoms with Crippen molar-refractivity contribution in [2.24, 2.45) is 10.9 Å². The Bertz CT molecular complexity index is 547. The van der Waals surface area contributed by atoms with Crippen molar-refractivity contribution < 1.29 is 14.4 Å². The molecule has 6 nitrogen and oxygen atoms in total. The minimum absolute atomic E-state index is 0.101. The maximum atomic E-state index is 11.7. The molecule has 1 aromatic rings. The molecule has 0 saturated carbocycles. The largest absolute Gasteiger partial charge is 0.350 e. The number of hydrogen-bond donors (Lipinski definition) is 2. The molecule has 0 saturated heterocycles. The van der Waals surface area contributed by atoms with Crippen LogP contribution in [-0.2, 0) is 20.9 Å². The molecular formula is C13H13N3O3S. The van der Waals surface area contributed by atoms with Crippen molar-refractivity contribution >= 4 is 35.3 Å². The molecule has 20 heavy (non-hydrogen) atoms. The summed E-state index contributed by atoms with van der Waals surface area (Å²) in [6.45, 7) is 0.349. The summed E-state index contributed by atoms with van der Waals surface area (Å²) in [6, 6.07) is 3.83. The molecule has 104 valence electrons. The Morgan fingerprint density at radius 3 is 2.85 bits per heavy atom. The van der Waals surface area contributed by atoms with Gasteiger partial charge < -0.3 is 10.6 Å². The predicted molar refractivity (Wildman–Crippen MR) is 75.3 cm³/mol. The minimum atomic E-state index is -0.599. The summed E-state index contributed by atoms with van der Waals surface area (Å²) in [5.74, 6) is -1.61. The highest BCUT2D eigenvalue weighted by molar-refractivity contribution is 7.09. The van der Waals surface area contributed by atoms with Crippen LogP contribution in [0, 0.1) is 5.92 Å². The van der Waals surface area contributed by atoms with Gasteiger partial charge >= 0.3 is 0 Å². The number of aliphatic imine (C=N–C) groups is 1. The Hall–Kier alpha value is -2.28. The van der Waals surface area contributed by atoms with E-state index in [1.54, 1.807) is 11.3 Å². The van der Waals surface area contributed by atoms with Gasteiger partial charge in [0.05, 0.1) is 19.0 Å². The first-order valence-electron chi connectivity index (χ1n) is 5.98. The number of rotatable bonds is 5. The number of dihydropyridines is 1. The van der Waals surface area contributed by atoms with Gasteiger partial charge in [-0.05, 0) is 11.4 Å². The van der Waals surface area contributed by atoms with Crippen molar-refractivity contribution in [2.45, 2.75) is 6.54 Å². The lowest BCUT2D eigenvalue weighted by molar-refractivity contribution is -0.126. The molecule has 0 bridgehead atoms. The highest BCUT2D eigenvalue weighted by Crippen LogP contribution is 2.07. The van der Waals surface area contributed by atoms with Gasteiger partial charge in [0.1, 0.15) is 0 Å². The van der Waals surface area contributed by atoms with Gasteiger partial charge in [-0.2, -0.15) is 0 Å². The molecule has 1 aliphatic rings. The van der Waals surface area contributed by atoms with Crippen LogP contribution in [0.1, 0.15) is 4.88 Å². The zero-order chi connectivity index (χ0) is 14.4. The van der Waals surface area contributed by atoms with Crippen LogP contribution in [0.4, 0.5) is 0 Å². The molecule has 0 aliphatic carbocycles. The Morgan fingerprint density at radius 2 is 2.20 bits per heavy atom. The van der Waals surface area contributed by atoms with Crippen molar-refractivity contribution in [2.75, 3.05) is 6.54 Å². The Kier molecular flexibility index (Phi) is 4.78. The molecule has 2 rings (SSSR count). The van der Waals surface area contributed by atoms with Crippen molar-refractivity contribution in [1.82, 2.24) is 10.6 Å². The normalized spacial score (nSPS) is 17.0. The Morgan fingerprint density at radius 1 is 1.35 bits per heavy atom. The lowest BCUT2D eigenvalue weighted by Gasteiger charge is -2.10. The zero-order valence-corrected chi connectivity index (χ0v) is 11.4. The molecule has 2 N–H and O–H groups in total. The third kappa shape index (κ3) is 4.13. The van der Waals surface area contributed by atoms with Crippen LogP contribution in [0.3, 0.4) is 0 Å². The topological polar surface area (TPSA) is 87.6 Å². The maximum Gasteiger partial charge on any atom is 0.269 e. The van der Waals surface area contributed by atoms with Crippen LogP contribution in [0.2, 0.25) is 0 Å². The van der Waals surface area contributed by atoms with E-state index in [0.29, 0.717) is 6.54 Å². The lowest BCUT2D eigenvalue weighted by atomic mass is 10.1. The van der Waals surface area contributed by atoms with E-state index in [9.17, 15) is 14.4 Å². The summed E-state index contributed by atoms with van der Waals surface area (Å²) in [7, 11) is 0. The fourth-order valence-corrected chi connectivity index (χ4v) is 2.18. The van der Waals surface area contributed by atoms with Gasteiger partial charge in [0.25, 0.3) is 5.91 Å². The molecular weight excluding hydrogens is 278 g/mol. The van der Waals surface area contributed by atoms with E-state index in [4.69, 9.17) is 0 Å². The fraction of sp³-hybridized carbons (Fsp3) is 0.231. The molecule has 1 aromatic heterocycles. The molecule has 1 aliphatic heterocycles. The second kappa shape index (κ2) is 6.76. The average molecular weight is 291 g/mol. The third-order valence-electron chi connectivity index (χ3n) is 2.57. The van der Waals surface area contributed by atoms with Crippen LogP contribution in [0.15, 0.2) is 34.7 Å². The maximum absolute atomic E-state index is 11.7. The van der Waals surface area contributed by atoms with Crippen molar-refractivity contribution in [1.29, 1.82) is 0 Å². The monoisotopic (exact) mass is 291 g/mol. The van der Waals surface area contributed by atoms with Gasteiger partial charge in [0, 0.05) is 17.2 Å². The van der Waals surface area contributed by atoms with Crippen LogP contribution in [0.25, 0.3) is 0 Å². The molecule has 7 heteroatoms. The van der Waals surface area contributed by atoms with Crippen LogP contribution in [-0.4, -0.2) is 30.5 Å². The number of thiophene rings is 1. The van der Waals surface area contributed by atoms with E-state index in [1.165, 1.54) is 18.4 Å². The van der Waals surface area contributed by atoms with Crippen molar-refractivity contribution in [3.05, 3.63) is 34.5 Å². The van der Waals surface area contributed by atoms with Gasteiger partial charge in [-0.3, -0.25) is 14.4 Å². The predicted octanol–water partition coefficient (Wildman–Crippen LogP) is 0.264. The molecule has 0 fully saturated rings. The van der Waals surface area contributed by atoms with Gasteiger partial charge in [-0.15, -0.1) is 11.3 Å². The summed E-state index contributed by atoms with van der Waals surface area (Å²) < 4.78 is 0. The lowest BCUT2D eigenvalue weighted by Crippen LogP contribution is -2.39. The van der Waals surface area contributed by atoms with Crippen molar-refractivity contribution in [3.63, 3.8) is 0 Å². The minimum Gasteiger partial charge on any atom is -0.350 e. The van der Waals surface area contributed by atoms with E-state index in [-0.39, 0.29) is 24.3 Å². The van der Waals surface area contributed by atoms with Gasteiger partial charge in [-0.1, -0.05) is 12.1 Å². The molecule has 3 amide bonds. The average Bonchev–Trinajstić information content (AvgIpc) is 2.96. The van der Waals surface area contributed by atoms with E-state index in [2.05, 4.69) is 15.6 Å². The molecule has 1 unspecified atom stereocenters. The summed E-state index contributed by atoms with van der Waals surface area (Å²) in [4.78, 5) is 38.6. The van der Waals surface area contributed by atoms with E-state index in [0.717, 1.165) is 4.88 Å². The highest BCUT2D eigenvalue weighted by atomic mass is 32.1. The van der Waals surface area contributed by atoms with Crippen molar-refractivity contribution in [3.8, 4) is 0 Å². The number of nitrogens with one attached hydrogen (secondary N) is 2. The van der Waals surface area contributed by atoms with E-state index in [1.807, 2.05) is 17.5 Å².